The molecule has 0 aliphatic heterocycles. The summed E-state index contributed by atoms with van der Waals surface area (Å²) >= 11 is 1.25. The lowest BCUT2D eigenvalue weighted by atomic mass is 10.2. The van der Waals surface area contributed by atoms with Gasteiger partial charge in [0, 0.05) is 4.88 Å². The molecule has 0 fully saturated rings. The number of oxazole rings is 1. The summed E-state index contributed by atoms with van der Waals surface area (Å²) in [5, 5.41) is 2.20. The highest BCUT2D eigenvalue weighted by Crippen LogP contribution is 2.29. The topological polar surface area (TPSA) is 55.1 Å². The Morgan fingerprint density at radius 2 is 2.11 bits per heavy atom. The second-order valence-electron chi connectivity index (χ2n) is 3.86. The summed E-state index contributed by atoms with van der Waals surface area (Å²) in [7, 11) is 0. The molecule has 102 valence electrons. The summed E-state index contributed by atoms with van der Waals surface area (Å²) in [5.74, 6) is -0.536. The van der Waals surface area contributed by atoms with E-state index in [0.29, 0.717) is 11.1 Å². The van der Waals surface area contributed by atoms with Crippen molar-refractivity contribution < 1.29 is 22.4 Å². The van der Waals surface area contributed by atoms with E-state index in [-0.39, 0.29) is 0 Å². The number of aromatic nitrogens is 1. The molecule has 0 aromatic carbocycles. The normalized spacial score (nSPS) is 11.6. The molecule has 2 rings (SSSR count). The van der Waals surface area contributed by atoms with Gasteiger partial charge in [-0.3, -0.25) is 10.1 Å². The molecule has 4 nitrogen and oxygen atoms in total. The molecule has 0 spiro atoms. The highest BCUT2D eigenvalue weighted by atomic mass is 32.1. The maximum atomic E-state index is 12.3. The number of alkyl halides is 3. The Balaban J connectivity index is 2.16. The number of amides is 1. The number of hydrogen-bond acceptors (Lipinski definition) is 4. The average Bonchev–Trinajstić information content (AvgIpc) is 2.84. The van der Waals surface area contributed by atoms with Gasteiger partial charge in [-0.05, 0) is 25.5 Å². The second kappa shape index (κ2) is 4.69. The summed E-state index contributed by atoms with van der Waals surface area (Å²) in [5.41, 5.74) is -0.426. The standard InChI is InChI=1S/C11H9F3N2O2S/c1-5-3-6(2)19-8(5)9(17)16-10-15-7(4-18-10)11(12,13)14/h3-4H,1-2H3,(H,15,16,17). The summed E-state index contributed by atoms with van der Waals surface area (Å²) in [6.45, 7) is 3.58. The third kappa shape index (κ3) is 2.95. The minimum Gasteiger partial charge on any atom is -0.431 e. The first kappa shape index (κ1) is 13.6. The molecule has 1 amide bonds. The zero-order valence-corrected chi connectivity index (χ0v) is 10.8. The summed E-state index contributed by atoms with van der Waals surface area (Å²) in [6.07, 6.45) is -4.13. The third-order valence-electron chi connectivity index (χ3n) is 2.26. The van der Waals surface area contributed by atoms with Crippen LogP contribution in [0.3, 0.4) is 0 Å². The fourth-order valence-corrected chi connectivity index (χ4v) is 2.40. The smallest absolute Gasteiger partial charge is 0.431 e. The number of anilines is 1. The van der Waals surface area contributed by atoms with Crippen LogP contribution in [-0.4, -0.2) is 10.9 Å². The molecule has 0 unspecified atom stereocenters. The Kier molecular flexibility index (Phi) is 3.36. The minimum atomic E-state index is -4.60. The lowest BCUT2D eigenvalue weighted by molar-refractivity contribution is -0.141. The molecule has 8 heteroatoms. The van der Waals surface area contributed by atoms with Crippen molar-refractivity contribution in [3.05, 3.63) is 33.3 Å². The first-order valence-electron chi connectivity index (χ1n) is 5.18. The van der Waals surface area contributed by atoms with E-state index < -0.39 is 23.8 Å². The van der Waals surface area contributed by atoms with Gasteiger partial charge in [0.1, 0.15) is 6.26 Å². The maximum absolute atomic E-state index is 12.3. The van der Waals surface area contributed by atoms with E-state index in [9.17, 15) is 18.0 Å². The van der Waals surface area contributed by atoms with Crippen LogP contribution in [0.5, 0.6) is 0 Å². The van der Waals surface area contributed by atoms with Crippen LogP contribution in [-0.2, 0) is 6.18 Å². The SMILES string of the molecule is Cc1cc(C)c(C(=O)Nc2nc(C(F)(F)F)co2)s1. The van der Waals surface area contributed by atoms with E-state index in [1.165, 1.54) is 11.3 Å². The average molecular weight is 290 g/mol. The number of carbonyl (C=O) groups excluding carboxylic acids is 1. The number of nitrogens with one attached hydrogen (secondary N) is 1. The molecule has 2 heterocycles. The number of rotatable bonds is 2. The highest BCUT2D eigenvalue weighted by Gasteiger charge is 2.35. The van der Waals surface area contributed by atoms with Gasteiger partial charge in [-0.15, -0.1) is 11.3 Å². The molecule has 19 heavy (non-hydrogen) atoms. The molecule has 0 radical (unpaired) electrons. The van der Waals surface area contributed by atoms with Crippen LogP contribution in [0, 0.1) is 13.8 Å². The summed E-state index contributed by atoms with van der Waals surface area (Å²) in [4.78, 5) is 16.3. The zero-order chi connectivity index (χ0) is 14.2. The van der Waals surface area contributed by atoms with Crippen LogP contribution < -0.4 is 5.32 Å². The van der Waals surface area contributed by atoms with E-state index in [1.54, 1.807) is 6.92 Å². The molecule has 0 saturated carbocycles. The van der Waals surface area contributed by atoms with Crippen LogP contribution in [0.15, 0.2) is 16.7 Å². The molecule has 0 atom stereocenters. The van der Waals surface area contributed by atoms with Crippen molar-refractivity contribution in [2.45, 2.75) is 20.0 Å². The van der Waals surface area contributed by atoms with Gasteiger partial charge in [-0.1, -0.05) is 0 Å². The fourth-order valence-electron chi connectivity index (χ4n) is 1.48. The number of thiophene rings is 1. The van der Waals surface area contributed by atoms with Crippen LogP contribution in [0.1, 0.15) is 25.8 Å². The van der Waals surface area contributed by atoms with E-state index >= 15 is 0 Å². The minimum absolute atomic E-state index is 0.421. The summed E-state index contributed by atoms with van der Waals surface area (Å²) < 4.78 is 41.5. The molecular weight excluding hydrogens is 281 g/mol. The quantitative estimate of drug-likeness (QED) is 0.919. The third-order valence-corrected chi connectivity index (χ3v) is 3.41. The van der Waals surface area contributed by atoms with Gasteiger partial charge in [0.15, 0.2) is 5.69 Å². The molecule has 2 aromatic heterocycles. The van der Waals surface area contributed by atoms with Crippen molar-refractivity contribution in [2.75, 3.05) is 5.32 Å². The van der Waals surface area contributed by atoms with Gasteiger partial charge in [-0.2, -0.15) is 18.2 Å². The first-order chi connectivity index (χ1) is 8.77. The fraction of sp³-hybridized carbons (Fsp3) is 0.273. The van der Waals surface area contributed by atoms with Crippen LogP contribution >= 0.6 is 11.3 Å². The molecule has 0 aliphatic carbocycles. The molecule has 0 saturated heterocycles. The Hall–Kier alpha value is -1.83. The van der Waals surface area contributed by atoms with Gasteiger partial charge >= 0.3 is 12.2 Å². The van der Waals surface area contributed by atoms with Crippen molar-refractivity contribution in [3.63, 3.8) is 0 Å². The Morgan fingerprint density at radius 1 is 1.42 bits per heavy atom. The Morgan fingerprint density at radius 3 is 2.58 bits per heavy atom. The van der Waals surface area contributed by atoms with Crippen LogP contribution in [0.4, 0.5) is 19.2 Å². The zero-order valence-electron chi connectivity index (χ0n) is 9.96. The van der Waals surface area contributed by atoms with Crippen molar-refractivity contribution in [2.24, 2.45) is 0 Å². The predicted octanol–water partition coefficient (Wildman–Crippen LogP) is 3.62. The lowest BCUT2D eigenvalue weighted by Gasteiger charge is -2.00. The van der Waals surface area contributed by atoms with Gasteiger partial charge in [0.2, 0.25) is 0 Å². The first-order valence-corrected chi connectivity index (χ1v) is 6.00. The molecule has 0 aliphatic rings. The van der Waals surface area contributed by atoms with Crippen molar-refractivity contribution in [3.8, 4) is 0 Å². The molecule has 1 N–H and O–H groups in total. The second-order valence-corrected chi connectivity index (χ2v) is 5.12. The summed E-state index contributed by atoms with van der Waals surface area (Å²) in [6, 6.07) is 1.35. The number of hydrogen-bond donors (Lipinski definition) is 1. The van der Waals surface area contributed by atoms with E-state index in [1.807, 2.05) is 13.0 Å². The van der Waals surface area contributed by atoms with Crippen molar-refractivity contribution >= 4 is 23.3 Å². The lowest BCUT2D eigenvalue weighted by Crippen LogP contribution is -2.12. The monoisotopic (exact) mass is 290 g/mol. The number of nitrogens with zero attached hydrogens (tertiary/aromatic N) is 1. The predicted molar refractivity (Wildman–Crippen MR) is 63.3 cm³/mol. The van der Waals surface area contributed by atoms with Gasteiger partial charge in [0.05, 0.1) is 4.88 Å². The van der Waals surface area contributed by atoms with Crippen molar-refractivity contribution in [1.29, 1.82) is 0 Å². The number of carbonyl (C=O) groups is 1. The van der Waals surface area contributed by atoms with Gasteiger partial charge in [0.25, 0.3) is 5.91 Å². The van der Waals surface area contributed by atoms with E-state index in [4.69, 9.17) is 0 Å². The van der Waals surface area contributed by atoms with E-state index in [0.717, 1.165) is 10.4 Å². The highest BCUT2D eigenvalue weighted by molar-refractivity contribution is 7.14. The Labute approximate surface area is 110 Å². The molecular formula is C11H9F3N2O2S. The van der Waals surface area contributed by atoms with Crippen molar-refractivity contribution in [1.82, 2.24) is 4.98 Å². The van der Waals surface area contributed by atoms with Crippen LogP contribution in [0.25, 0.3) is 0 Å². The molecule has 0 bridgehead atoms. The number of halogens is 3. The molecule has 2 aromatic rings. The largest absolute Gasteiger partial charge is 0.436 e. The van der Waals surface area contributed by atoms with E-state index in [2.05, 4.69) is 14.7 Å². The van der Waals surface area contributed by atoms with Gasteiger partial charge in [-0.25, -0.2) is 0 Å². The Bertz CT molecular complexity index is 616. The maximum Gasteiger partial charge on any atom is 0.436 e. The van der Waals surface area contributed by atoms with Crippen LogP contribution in [0.2, 0.25) is 0 Å². The van der Waals surface area contributed by atoms with Gasteiger partial charge < -0.3 is 4.42 Å². The number of aryl methyl sites for hydroxylation is 2.